The van der Waals surface area contributed by atoms with Crippen molar-refractivity contribution in [2.24, 2.45) is 4.99 Å². The molecule has 1 heterocycles. The van der Waals surface area contributed by atoms with Gasteiger partial charge in [-0.3, -0.25) is 0 Å². The van der Waals surface area contributed by atoms with E-state index >= 15 is 0 Å². The van der Waals surface area contributed by atoms with Gasteiger partial charge in [0, 0.05) is 11.8 Å². The summed E-state index contributed by atoms with van der Waals surface area (Å²) in [5.74, 6) is 0.696. The minimum Gasteiger partial charge on any atom is -0.473 e. The zero-order chi connectivity index (χ0) is 17.1. The van der Waals surface area contributed by atoms with E-state index in [2.05, 4.69) is 71.7 Å². The van der Waals surface area contributed by atoms with Crippen LogP contribution in [-0.2, 0) is 4.74 Å². The molecule has 0 N–H and O–H groups in total. The fourth-order valence-corrected chi connectivity index (χ4v) is 4.26. The lowest BCUT2D eigenvalue weighted by Crippen LogP contribution is -2.09. The van der Waals surface area contributed by atoms with Crippen LogP contribution in [0.15, 0.2) is 84.0 Å². The van der Waals surface area contributed by atoms with Crippen molar-refractivity contribution in [3.8, 4) is 0 Å². The summed E-state index contributed by atoms with van der Waals surface area (Å²) in [7, 11) is 0. The Balaban J connectivity index is 1.87. The summed E-state index contributed by atoms with van der Waals surface area (Å²) in [4.78, 5) is 4.43. The molecule has 6 rings (SSSR count). The van der Waals surface area contributed by atoms with Gasteiger partial charge in [-0.1, -0.05) is 54.6 Å². The number of aliphatic imine (C=N–C) groups is 1. The Morgan fingerprint density at radius 2 is 1.35 bits per heavy atom. The first kappa shape index (κ1) is 13.9. The third-order valence-corrected chi connectivity index (χ3v) is 5.32. The molecule has 0 amide bonds. The summed E-state index contributed by atoms with van der Waals surface area (Å²) < 4.78 is 5.77. The fourth-order valence-electron chi connectivity index (χ4n) is 4.26. The van der Waals surface area contributed by atoms with Crippen LogP contribution in [0.5, 0.6) is 0 Å². The van der Waals surface area contributed by atoms with E-state index in [-0.39, 0.29) is 0 Å². The van der Waals surface area contributed by atoms with Crippen LogP contribution < -0.4 is 0 Å². The summed E-state index contributed by atoms with van der Waals surface area (Å²) in [6.07, 6.45) is 3.74. The lowest BCUT2D eigenvalue weighted by atomic mass is 9.89. The average molecular weight is 333 g/mol. The van der Waals surface area contributed by atoms with Crippen molar-refractivity contribution < 1.29 is 4.74 Å². The van der Waals surface area contributed by atoms with Gasteiger partial charge in [-0.05, 0) is 61.3 Å². The van der Waals surface area contributed by atoms with Gasteiger partial charge in [0.25, 0.3) is 0 Å². The highest BCUT2D eigenvalue weighted by molar-refractivity contribution is 6.33. The van der Waals surface area contributed by atoms with E-state index in [1.807, 2.05) is 12.3 Å². The first-order chi connectivity index (χ1) is 12.9. The molecule has 5 aromatic carbocycles. The number of hydrogen-bond donors (Lipinski definition) is 0. The maximum absolute atomic E-state index is 5.77. The Bertz CT molecular complexity index is 1370. The molecule has 0 saturated carbocycles. The predicted molar refractivity (Wildman–Crippen MR) is 109 cm³/mol. The minimum atomic E-state index is 0.574. The van der Waals surface area contributed by atoms with Crippen molar-refractivity contribution in [3.05, 3.63) is 84.6 Å². The van der Waals surface area contributed by atoms with E-state index in [0.717, 1.165) is 5.56 Å². The Kier molecular flexibility index (Phi) is 2.69. The quantitative estimate of drug-likeness (QED) is 0.271. The largest absolute Gasteiger partial charge is 0.473 e. The van der Waals surface area contributed by atoms with E-state index < -0.39 is 0 Å². The van der Waals surface area contributed by atoms with E-state index in [0.29, 0.717) is 12.5 Å². The molecule has 0 unspecified atom stereocenters. The maximum atomic E-state index is 5.77. The molecule has 26 heavy (non-hydrogen) atoms. The lowest BCUT2D eigenvalue weighted by Gasteiger charge is -2.16. The van der Waals surface area contributed by atoms with Crippen LogP contribution in [0.2, 0.25) is 0 Å². The summed E-state index contributed by atoms with van der Waals surface area (Å²) in [6.45, 7) is 0.574. The molecule has 0 saturated heterocycles. The highest BCUT2D eigenvalue weighted by Crippen LogP contribution is 2.40. The standard InChI is InChI=1S/C24H15NO/c1-5-15-6-2-10-20-21-14-17(24-25-11-4-12-26-24)13-16-7-3-9-19(23(16)21)18(8-1)22(15)20/h1-11,13-14H,12H2. The van der Waals surface area contributed by atoms with E-state index in [1.165, 1.54) is 43.1 Å². The van der Waals surface area contributed by atoms with Gasteiger partial charge < -0.3 is 4.74 Å². The van der Waals surface area contributed by atoms with Crippen LogP contribution >= 0.6 is 0 Å². The number of fused-ring (bicyclic) bond motifs is 2. The zero-order valence-corrected chi connectivity index (χ0v) is 14.1. The summed E-state index contributed by atoms with van der Waals surface area (Å²) in [5, 5.41) is 10.3. The summed E-state index contributed by atoms with van der Waals surface area (Å²) in [5.41, 5.74) is 1.03. The van der Waals surface area contributed by atoms with Gasteiger partial charge >= 0.3 is 0 Å². The third-order valence-electron chi connectivity index (χ3n) is 5.32. The van der Waals surface area contributed by atoms with Crippen molar-refractivity contribution in [1.82, 2.24) is 0 Å². The third kappa shape index (κ3) is 1.79. The molecule has 122 valence electrons. The molecule has 5 aromatic rings. The van der Waals surface area contributed by atoms with Crippen LogP contribution in [0.3, 0.4) is 0 Å². The first-order valence-corrected chi connectivity index (χ1v) is 8.85. The van der Waals surface area contributed by atoms with E-state index in [1.54, 1.807) is 0 Å². The Morgan fingerprint density at radius 3 is 2.04 bits per heavy atom. The van der Waals surface area contributed by atoms with Crippen LogP contribution in [0.25, 0.3) is 43.1 Å². The molecule has 0 bridgehead atoms. The van der Waals surface area contributed by atoms with Crippen LogP contribution in [0.4, 0.5) is 0 Å². The van der Waals surface area contributed by atoms with Crippen molar-refractivity contribution in [2.45, 2.75) is 0 Å². The van der Waals surface area contributed by atoms with Crippen molar-refractivity contribution >= 4 is 49.0 Å². The fraction of sp³-hybridized carbons (Fsp3) is 0.0417. The molecule has 0 atom stereocenters. The molecular formula is C24H15NO. The second-order valence-corrected chi connectivity index (χ2v) is 6.77. The molecule has 2 heteroatoms. The zero-order valence-electron chi connectivity index (χ0n) is 14.1. The van der Waals surface area contributed by atoms with Gasteiger partial charge in [0.05, 0.1) is 0 Å². The second-order valence-electron chi connectivity index (χ2n) is 6.77. The molecule has 1 aliphatic rings. The number of rotatable bonds is 1. The SMILES string of the molecule is C1=CN=C(c2cc3cccc4c5cccc6cccc(c(c2)c34)c65)OC1. The molecule has 0 fully saturated rings. The molecule has 0 spiro atoms. The summed E-state index contributed by atoms with van der Waals surface area (Å²) in [6, 6.07) is 24.1. The van der Waals surface area contributed by atoms with E-state index in [4.69, 9.17) is 4.74 Å². The molecule has 0 aromatic heterocycles. The van der Waals surface area contributed by atoms with Crippen LogP contribution in [0.1, 0.15) is 5.56 Å². The molecule has 0 radical (unpaired) electrons. The van der Waals surface area contributed by atoms with Gasteiger partial charge in [-0.2, -0.15) is 0 Å². The molecule has 1 aliphatic heterocycles. The Hall–Kier alpha value is -3.39. The monoisotopic (exact) mass is 333 g/mol. The van der Waals surface area contributed by atoms with Gasteiger partial charge in [0.2, 0.25) is 5.90 Å². The van der Waals surface area contributed by atoms with Gasteiger partial charge in [-0.25, -0.2) is 4.99 Å². The Labute approximate surface area is 150 Å². The van der Waals surface area contributed by atoms with E-state index in [9.17, 15) is 0 Å². The number of hydrogen-bond acceptors (Lipinski definition) is 2. The number of benzene rings is 5. The lowest BCUT2D eigenvalue weighted by molar-refractivity contribution is 0.346. The van der Waals surface area contributed by atoms with Crippen LogP contribution in [0, 0.1) is 0 Å². The average Bonchev–Trinajstić information content (AvgIpc) is 2.72. The molecular weight excluding hydrogens is 318 g/mol. The van der Waals surface area contributed by atoms with Crippen LogP contribution in [-0.4, -0.2) is 12.5 Å². The highest BCUT2D eigenvalue weighted by atomic mass is 16.5. The van der Waals surface area contributed by atoms with Gasteiger partial charge in [-0.15, -0.1) is 0 Å². The van der Waals surface area contributed by atoms with Crippen molar-refractivity contribution in [1.29, 1.82) is 0 Å². The van der Waals surface area contributed by atoms with Crippen molar-refractivity contribution in [2.75, 3.05) is 6.61 Å². The smallest absolute Gasteiger partial charge is 0.221 e. The van der Waals surface area contributed by atoms with Gasteiger partial charge in [0.15, 0.2) is 0 Å². The van der Waals surface area contributed by atoms with Crippen molar-refractivity contribution in [3.63, 3.8) is 0 Å². The van der Waals surface area contributed by atoms with Gasteiger partial charge in [0.1, 0.15) is 6.61 Å². The topological polar surface area (TPSA) is 21.6 Å². The maximum Gasteiger partial charge on any atom is 0.221 e. The number of ether oxygens (including phenoxy) is 1. The Morgan fingerprint density at radius 1 is 0.692 bits per heavy atom. The highest BCUT2D eigenvalue weighted by Gasteiger charge is 2.15. The number of nitrogens with zero attached hydrogens (tertiary/aromatic N) is 1. The predicted octanol–water partition coefficient (Wildman–Crippen LogP) is 6.03. The normalized spacial score (nSPS) is 14.4. The second kappa shape index (κ2) is 5.06. The first-order valence-electron chi connectivity index (χ1n) is 8.85. The summed E-state index contributed by atoms with van der Waals surface area (Å²) >= 11 is 0. The molecule has 2 nitrogen and oxygen atoms in total. The minimum absolute atomic E-state index is 0.574. The molecule has 0 aliphatic carbocycles.